The number of nitrogens with one attached hydrogen (secondary N) is 1. The van der Waals surface area contributed by atoms with E-state index in [1.54, 1.807) is 32.4 Å². The maximum absolute atomic E-state index is 13.1. The van der Waals surface area contributed by atoms with E-state index in [9.17, 15) is 4.79 Å². The molecule has 1 aromatic heterocycles. The lowest BCUT2D eigenvalue weighted by atomic mass is 10.0. The third kappa shape index (κ3) is 2.78. The number of hydrogen-bond acceptors (Lipinski definition) is 3. The van der Waals surface area contributed by atoms with E-state index in [0.29, 0.717) is 35.2 Å². The van der Waals surface area contributed by atoms with Crippen molar-refractivity contribution in [2.75, 3.05) is 20.8 Å². The number of benzene rings is 2. The summed E-state index contributed by atoms with van der Waals surface area (Å²) in [5.74, 6) is 1.12. The monoisotopic (exact) mass is 370 g/mol. The predicted octanol–water partition coefficient (Wildman–Crippen LogP) is 4.04. The molecule has 0 aliphatic carbocycles. The summed E-state index contributed by atoms with van der Waals surface area (Å²) in [6, 6.07) is 11.1. The van der Waals surface area contributed by atoms with Crippen LogP contribution in [0, 0.1) is 0 Å². The lowest BCUT2D eigenvalue weighted by molar-refractivity contribution is 0.0731. The number of aromatic amines is 1. The minimum absolute atomic E-state index is 0.0495. The van der Waals surface area contributed by atoms with Crippen molar-refractivity contribution in [3.05, 3.63) is 58.2 Å². The number of hydrogen-bond donors (Lipinski definition) is 1. The second-order valence-corrected chi connectivity index (χ2v) is 6.75. The molecule has 1 amide bonds. The molecule has 134 valence electrons. The van der Waals surface area contributed by atoms with Crippen LogP contribution in [-0.4, -0.2) is 36.6 Å². The first-order chi connectivity index (χ1) is 12.6. The average molecular weight is 371 g/mol. The average Bonchev–Trinajstić information content (AvgIpc) is 3.04. The van der Waals surface area contributed by atoms with Crippen molar-refractivity contribution in [2.24, 2.45) is 0 Å². The summed E-state index contributed by atoms with van der Waals surface area (Å²) in [6.07, 6.45) is 0.784. The third-order valence-electron chi connectivity index (χ3n) is 4.86. The summed E-state index contributed by atoms with van der Waals surface area (Å²) in [6.45, 7) is 1.20. The molecule has 1 N–H and O–H groups in total. The minimum Gasteiger partial charge on any atom is -0.497 e. The van der Waals surface area contributed by atoms with Gasteiger partial charge in [0.15, 0.2) is 0 Å². The summed E-state index contributed by atoms with van der Waals surface area (Å²) in [4.78, 5) is 18.4. The summed E-state index contributed by atoms with van der Waals surface area (Å²) in [7, 11) is 3.14. The van der Waals surface area contributed by atoms with Crippen LogP contribution in [0.4, 0.5) is 0 Å². The van der Waals surface area contributed by atoms with Gasteiger partial charge in [-0.3, -0.25) is 4.79 Å². The fourth-order valence-electron chi connectivity index (χ4n) is 3.51. The van der Waals surface area contributed by atoms with Gasteiger partial charge in [-0.2, -0.15) is 0 Å². The number of ether oxygens (including phenoxy) is 2. The first-order valence-electron chi connectivity index (χ1n) is 8.41. The number of carbonyl (C=O) groups is 1. The maximum atomic E-state index is 13.1. The summed E-state index contributed by atoms with van der Waals surface area (Å²) in [5.41, 5.74) is 3.90. The van der Waals surface area contributed by atoms with Gasteiger partial charge in [-0.15, -0.1) is 0 Å². The standard InChI is InChI=1S/C20H19ClN2O3/c1-25-13-4-5-14(19(10-13)26-2)20(24)23-8-7-18-16(11-23)15-9-12(21)3-6-17(15)22-18/h3-6,9-10,22H,7-8,11H2,1-2H3. The fraction of sp³-hybridized carbons (Fsp3) is 0.250. The van der Waals surface area contributed by atoms with E-state index >= 15 is 0 Å². The molecule has 0 fully saturated rings. The van der Waals surface area contributed by atoms with Crippen LogP contribution in [0.3, 0.4) is 0 Å². The molecule has 0 spiro atoms. The number of nitrogens with zero attached hydrogens (tertiary/aromatic N) is 1. The number of fused-ring (bicyclic) bond motifs is 3. The fourth-order valence-corrected chi connectivity index (χ4v) is 3.68. The van der Waals surface area contributed by atoms with Crippen molar-refractivity contribution < 1.29 is 14.3 Å². The van der Waals surface area contributed by atoms with Gasteiger partial charge in [0.05, 0.1) is 19.8 Å². The van der Waals surface area contributed by atoms with Crippen LogP contribution < -0.4 is 9.47 Å². The second kappa shape index (κ2) is 6.57. The van der Waals surface area contributed by atoms with Gasteiger partial charge in [0.25, 0.3) is 5.91 Å². The molecule has 4 rings (SSSR count). The molecule has 0 radical (unpaired) electrons. The topological polar surface area (TPSA) is 54.6 Å². The molecule has 2 heterocycles. The van der Waals surface area contributed by atoms with Crippen molar-refractivity contribution >= 4 is 28.4 Å². The van der Waals surface area contributed by atoms with Crippen molar-refractivity contribution in [3.63, 3.8) is 0 Å². The molecule has 0 saturated carbocycles. The quantitative estimate of drug-likeness (QED) is 0.757. The Hall–Kier alpha value is -2.66. The van der Waals surface area contributed by atoms with Crippen molar-refractivity contribution in [3.8, 4) is 11.5 Å². The second-order valence-electron chi connectivity index (χ2n) is 6.31. The number of H-pyrrole nitrogens is 1. The van der Waals surface area contributed by atoms with Crippen molar-refractivity contribution in [1.29, 1.82) is 0 Å². The SMILES string of the molecule is COc1ccc(C(=O)N2CCc3[nH]c4ccc(Cl)cc4c3C2)c(OC)c1. The molecule has 0 unspecified atom stereocenters. The Balaban J connectivity index is 1.67. The highest BCUT2D eigenvalue weighted by molar-refractivity contribution is 6.31. The predicted molar refractivity (Wildman–Crippen MR) is 101 cm³/mol. The molecule has 26 heavy (non-hydrogen) atoms. The zero-order valence-corrected chi connectivity index (χ0v) is 15.4. The number of aromatic nitrogens is 1. The van der Waals surface area contributed by atoms with Gasteiger partial charge in [-0.1, -0.05) is 11.6 Å². The van der Waals surface area contributed by atoms with E-state index in [1.165, 1.54) is 5.69 Å². The Bertz CT molecular complexity index is 996. The number of halogens is 1. The minimum atomic E-state index is -0.0495. The number of rotatable bonds is 3. The molecule has 1 aliphatic heterocycles. The van der Waals surface area contributed by atoms with Gasteiger partial charge in [-0.05, 0) is 30.3 Å². The van der Waals surface area contributed by atoms with Crippen LogP contribution in [0.5, 0.6) is 11.5 Å². The zero-order chi connectivity index (χ0) is 18.3. The Labute approximate surface area is 156 Å². The molecular formula is C20H19ClN2O3. The van der Waals surface area contributed by atoms with E-state index in [4.69, 9.17) is 21.1 Å². The molecule has 2 aromatic carbocycles. The van der Waals surface area contributed by atoms with Gasteiger partial charge in [-0.25, -0.2) is 0 Å². The lowest BCUT2D eigenvalue weighted by Gasteiger charge is -2.28. The Morgan fingerprint density at radius 2 is 2.00 bits per heavy atom. The molecule has 5 nitrogen and oxygen atoms in total. The highest BCUT2D eigenvalue weighted by Crippen LogP contribution is 2.32. The van der Waals surface area contributed by atoms with Crippen molar-refractivity contribution in [1.82, 2.24) is 9.88 Å². The third-order valence-corrected chi connectivity index (χ3v) is 5.10. The molecule has 1 aliphatic rings. The van der Waals surface area contributed by atoms with E-state index in [2.05, 4.69) is 4.98 Å². The van der Waals surface area contributed by atoms with Gasteiger partial charge >= 0.3 is 0 Å². The van der Waals surface area contributed by atoms with Crippen molar-refractivity contribution in [2.45, 2.75) is 13.0 Å². The van der Waals surface area contributed by atoms with Gasteiger partial charge < -0.3 is 19.4 Å². The first kappa shape index (κ1) is 16.8. The van der Waals surface area contributed by atoms with Gasteiger partial charge in [0.1, 0.15) is 11.5 Å². The van der Waals surface area contributed by atoms with Crippen LogP contribution in [0.2, 0.25) is 5.02 Å². The Morgan fingerprint density at radius 1 is 1.15 bits per heavy atom. The lowest BCUT2D eigenvalue weighted by Crippen LogP contribution is -2.36. The first-order valence-corrected chi connectivity index (χ1v) is 8.79. The van der Waals surface area contributed by atoms with Crippen LogP contribution >= 0.6 is 11.6 Å². The molecular weight excluding hydrogens is 352 g/mol. The molecule has 0 atom stereocenters. The Kier molecular flexibility index (Phi) is 4.24. The highest BCUT2D eigenvalue weighted by Gasteiger charge is 2.26. The molecule has 0 bridgehead atoms. The number of carbonyl (C=O) groups excluding carboxylic acids is 1. The van der Waals surface area contributed by atoms with E-state index in [1.807, 2.05) is 23.1 Å². The van der Waals surface area contributed by atoms with Crippen LogP contribution in [-0.2, 0) is 13.0 Å². The molecule has 3 aromatic rings. The molecule has 0 saturated heterocycles. The van der Waals surface area contributed by atoms with E-state index in [0.717, 1.165) is 22.9 Å². The largest absolute Gasteiger partial charge is 0.497 e. The summed E-state index contributed by atoms with van der Waals surface area (Å²) >= 11 is 6.16. The zero-order valence-electron chi connectivity index (χ0n) is 14.6. The van der Waals surface area contributed by atoms with Crippen LogP contribution in [0.25, 0.3) is 10.9 Å². The number of methoxy groups -OCH3 is 2. The van der Waals surface area contributed by atoms with Gasteiger partial charge in [0.2, 0.25) is 0 Å². The van der Waals surface area contributed by atoms with Gasteiger partial charge in [0, 0.05) is 52.8 Å². The van der Waals surface area contributed by atoms with E-state index < -0.39 is 0 Å². The normalized spacial score (nSPS) is 13.6. The van der Waals surface area contributed by atoms with Crippen LogP contribution in [0.1, 0.15) is 21.6 Å². The smallest absolute Gasteiger partial charge is 0.257 e. The maximum Gasteiger partial charge on any atom is 0.257 e. The summed E-state index contributed by atoms with van der Waals surface area (Å²) < 4.78 is 10.6. The number of amides is 1. The summed E-state index contributed by atoms with van der Waals surface area (Å²) in [5, 5.41) is 1.77. The Morgan fingerprint density at radius 3 is 2.77 bits per heavy atom. The van der Waals surface area contributed by atoms with Crippen LogP contribution in [0.15, 0.2) is 36.4 Å². The molecule has 6 heteroatoms. The highest BCUT2D eigenvalue weighted by atomic mass is 35.5. The van der Waals surface area contributed by atoms with E-state index in [-0.39, 0.29) is 5.91 Å².